The number of benzene rings is 1. The quantitative estimate of drug-likeness (QED) is 0.508. The molecule has 19 heavy (non-hydrogen) atoms. The standard InChI is InChI=1S/C11H9N3O5/c15-6-3-1-5(2-4-6)8(16)12-7-9(17)13-11(19)14-10(7)18/h1-4,15H,(H,12,16)(H3,13,14,17,18,19). The summed E-state index contributed by atoms with van der Waals surface area (Å²) >= 11 is 0. The highest BCUT2D eigenvalue weighted by atomic mass is 16.3. The molecule has 0 saturated heterocycles. The normalized spacial score (nSPS) is 10.1. The zero-order valence-corrected chi connectivity index (χ0v) is 9.43. The first kappa shape index (κ1) is 12.4. The monoisotopic (exact) mass is 263 g/mol. The lowest BCUT2D eigenvalue weighted by Crippen LogP contribution is -2.27. The van der Waals surface area contributed by atoms with E-state index < -0.39 is 28.7 Å². The third-order valence-corrected chi connectivity index (χ3v) is 2.29. The second kappa shape index (κ2) is 4.69. The van der Waals surface area contributed by atoms with Gasteiger partial charge in [-0.1, -0.05) is 0 Å². The maximum atomic E-state index is 11.8. The van der Waals surface area contributed by atoms with Crippen LogP contribution in [0.15, 0.2) is 33.9 Å². The summed E-state index contributed by atoms with van der Waals surface area (Å²) in [6.07, 6.45) is 0. The smallest absolute Gasteiger partial charge is 0.328 e. The molecule has 0 unspecified atom stereocenters. The number of phenolic OH excluding ortho intramolecular Hbond substituents is 1. The van der Waals surface area contributed by atoms with Crippen molar-refractivity contribution >= 4 is 11.6 Å². The maximum Gasteiger partial charge on any atom is 0.328 e. The van der Waals surface area contributed by atoms with Gasteiger partial charge in [0.25, 0.3) is 11.5 Å². The van der Waals surface area contributed by atoms with Crippen molar-refractivity contribution in [3.05, 3.63) is 50.7 Å². The first-order chi connectivity index (χ1) is 8.97. The predicted molar refractivity (Wildman–Crippen MR) is 65.4 cm³/mol. The molecule has 1 amide bonds. The number of aromatic hydroxyl groups is 2. The van der Waals surface area contributed by atoms with Crippen molar-refractivity contribution in [3.8, 4) is 11.6 Å². The van der Waals surface area contributed by atoms with Gasteiger partial charge in [-0.3, -0.25) is 19.6 Å². The average molecular weight is 263 g/mol. The van der Waals surface area contributed by atoms with Crippen LogP contribution in [-0.4, -0.2) is 26.1 Å². The van der Waals surface area contributed by atoms with Gasteiger partial charge >= 0.3 is 5.69 Å². The number of amides is 1. The Hall–Kier alpha value is -3.03. The third-order valence-electron chi connectivity index (χ3n) is 2.29. The molecule has 1 aromatic heterocycles. The van der Waals surface area contributed by atoms with Crippen LogP contribution in [0.1, 0.15) is 10.4 Å². The zero-order valence-electron chi connectivity index (χ0n) is 9.43. The van der Waals surface area contributed by atoms with Crippen LogP contribution in [0, 0.1) is 0 Å². The van der Waals surface area contributed by atoms with Crippen molar-refractivity contribution in [2.75, 3.05) is 5.32 Å². The van der Waals surface area contributed by atoms with Gasteiger partial charge in [-0.15, -0.1) is 0 Å². The van der Waals surface area contributed by atoms with Gasteiger partial charge in [-0.2, -0.15) is 0 Å². The molecule has 0 fully saturated rings. The third kappa shape index (κ3) is 2.63. The first-order valence-corrected chi connectivity index (χ1v) is 5.13. The molecule has 0 bridgehead atoms. The van der Waals surface area contributed by atoms with Crippen LogP contribution in [0.2, 0.25) is 0 Å². The Kier molecular flexibility index (Phi) is 3.06. The van der Waals surface area contributed by atoms with Crippen molar-refractivity contribution < 1.29 is 15.0 Å². The summed E-state index contributed by atoms with van der Waals surface area (Å²) in [5.41, 5.74) is -2.10. The number of anilines is 1. The number of phenols is 1. The van der Waals surface area contributed by atoms with E-state index in [1.165, 1.54) is 24.3 Å². The predicted octanol–water partition coefficient (Wildman–Crippen LogP) is -0.273. The van der Waals surface area contributed by atoms with Gasteiger partial charge in [0.2, 0.25) is 5.88 Å². The maximum absolute atomic E-state index is 11.8. The topological polar surface area (TPSA) is 135 Å². The Morgan fingerprint density at radius 2 is 1.68 bits per heavy atom. The van der Waals surface area contributed by atoms with Crippen LogP contribution in [-0.2, 0) is 0 Å². The lowest BCUT2D eigenvalue weighted by atomic mass is 10.2. The molecule has 8 nitrogen and oxygen atoms in total. The Morgan fingerprint density at radius 1 is 1.05 bits per heavy atom. The molecule has 0 atom stereocenters. The molecule has 2 aromatic rings. The van der Waals surface area contributed by atoms with Crippen molar-refractivity contribution in [2.24, 2.45) is 0 Å². The number of aromatic amines is 2. The molecule has 1 aromatic carbocycles. The number of hydrogen-bond donors (Lipinski definition) is 5. The summed E-state index contributed by atoms with van der Waals surface area (Å²) < 4.78 is 0. The van der Waals surface area contributed by atoms with Crippen LogP contribution in [0.25, 0.3) is 0 Å². The second-order valence-corrected chi connectivity index (χ2v) is 3.63. The lowest BCUT2D eigenvalue weighted by Gasteiger charge is -2.05. The fourth-order valence-corrected chi connectivity index (χ4v) is 1.39. The van der Waals surface area contributed by atoms with Crippen LogP contribution in [0.5, 0.6) is 11.6 Å². The molecule has 0 aliphatic heterocycles. The van der Waals surface area contributed by atoms with Gasteiger partial charge in [0.1, 0.15) is 5.75 Å². The Labute approximate surface area is 105 Å². The summed E-state index contributed by atoms with van der Waals surface area (Å²) in [6.45, 7) is 0. The molecule has 8 heteroatoms. The molecule has 1 heterocycles. The van der Waals surface area contributed by atoms with Gasteiger partial charge in [0.05, 0.1) is 0 Å². The first-order valence-electron chi connectivity index (χ1n) is 5.13. The van der Waals surface area contributed by atoms with Gasteiger partial charge in [-0.25, -0.2) is 4.79 Å². The Morgan fingerprint density at radius 3 is 2.26 bits per heavy atom. The van der Waals surface area contributed by atoms with E-state index in [9.17, 15) is 19.5 Å². The van der Waals surface area contributed by atoms with Crippen LogP contribution < -0.4 is 16.6 Å². The van der Waals surface area contributed by atoms with E-state index in [0.717, 1.165) is 0 Å². The molecule has 0 radical (unpaired) electrons. The Bertz CT molecular complexity index is 729. The minimum absolute atomic E-state index is 0.0127. The van der Waals surface area contributed by atoms with Crippen molar-refractivity contribution in [3.63, 3.8) is 0 Å². The molecular formula is C11H9N3O5. The van der Waals surface area contributed by atoms with Crippen molar-refractivity contribution in [2.45, 2.75) is 0 Å². The molecule has 0 aliphatic carbocycles. The van der Waals surface area contributed by atoms with Gasteiger partial charge in [0, 0.05) is 5.56 Å². The van der Waals surface area contributed by atoms with E-state index in [2.05, 4.69) is 5.32 Å². The van der Waals surface area contributed by atoms with Gasteiger partial charge in [0.15, 0.2) is 5.69 Å². The highest BCUT2D eigenvalue weighted by Crippen LogP contribution is 2.14. The van der Waals surface area contributed by atoms with Crippen LogP contribution in [0.4, 0.5) is 5.69 Å². The molecule has 0 spiro atoms. The Balaban J connectivity index is 2.32. The van der Waals surface area contributed by atoms with E-state index in [1.54, 1.807) is 0 Å². The highest BCUT2D eigenvalue weighted by Gasteiger charge is 2.13. The molecule has 98 valence electrons. The number of aromatic nitrogens is 2. The molecule has 0 aliphatic rings. The SMILES string of the molecule is O=C(Nc1c(O)[nH]c(=O)[nH]c1=O)c1ccc(O)cc1. The van der Waals surface area contributed by atoms with E-state index in [1.807, 2.05) is 9.97 Å². The number of carbonyl (C=O) groups excluding carboxylic acids is 1. The number of carbonyl (C=O) groups is 1. The summed E-state index contributed by atoms with van der Waals surface area (Å²) in [7, 11) is 0. The van der Waals surface area contributed by atoms with E-state index in [4.69, 9.17) is 5.11 Å². The zero-order chi connectivity index (χ0) is 14.0. The minimum atomic E-state index is -0.923. The fourth-order valence-electron chi connectivity index (χ4n) is 1.39. The molecule has 5 N–H and O–H groups in total. The second-order valence-electron chi connectivity index (χ2n) is 3.63. The number of nitrogens with one attached hydrogen (secondary N) is 3. The average Bonchev–Trinajstić information content (AvgIpc) is 2.34. The summed E-state index contributed by atoms with van der Waals surface area (Å²) in [5, 5.41) is 20.6. The molecule has 0 saturated carbocycles. The number of hydrogen-bond acceptors (Lipinski definition) is 5. The van der Waals surface area contributed by atoms with Gasteiger partial charge in [-0.05, 0) is 24.3 Å². The van der Waals surface area contributed by atoms with Crippen LogP contribution in [0.3, 0.4) is 0 Å². The largest absolute Gasteiger partial charge is 0.508 e. The van der Waals surface area contributed by atoms with Crippen molar-refractivity contribution in [1.82, 2.24) is 9.97 Å². The minimum Gasteiger partial charge on any atom is -0.508 e. The number of rotatable bonds is 2. The fraction of sp³-hybridized carbons (Fsp3) is 0. The molecular weight excluding hydrogens is 254 g/mol. The van der Waals surface area contributed by atoms with E-state index in [-0.39, 0.29) is 11.3 Å². The van der Waals surface area contributed by atoms with Crippen molar-refractivity contribution in [1.29, 1.82) is 0 Å². The lowest BCUT2D eigenvalue weighted by molar-refractivity contribution is 0.102. The van der Waals surface area contributed by atoms with E-state index >= 15 is 0 Å². The van der Waals surface area contributed by atoms with Gasteiger partial charge < -0.3 is 15.5 Å². The summed E-state index contributed by atoms with van der Waals surface area (Å²) in [4.78, 5) is 37.8. The van der Waals surface area contributed by atoms with Crippen LogP contribution >= 0.6 is 0 Å². The molecule has 2 rings (SSSR count). The summed E-state index contributed by atoms with van der Waals surface area (Å²) in [5.74, 6) is -1.42. The van der Waals surface area contributed by atoms with E-state index in [0.29, 0.717) is 0 Å². The highest BCUT2D eigenvalue weighted by molar-refractivity contribution is 6.04. The number of H-pyrrole nitrogens is 2. The summed E-state index contributed by atoms with van der Waals surface area (Å²) in [6, 6.07) is 5.26.